The molecule has 0 amide bonds. The third kappa shape index (κ3) is 6.06. The molecule has 0 aliphatic rings. The van der Waals surface area contributed by atoms with Crippen molar-refractivity contribution in [1.82, 2.24) is 15.0 Å². The molecule has 0 radical (unpaired) electrons. The van der Waals surface area contributed by atoms with Crippen LogP contribution in [0.25, 0.3) is 0 Å². The number of ether oxygens (including phenoxy) is 2. The summed E-state index contributed by atoms with van der Waals surface area (Å²) in [6, 6.07) is 0. The first-order valence-electron chi connectivity index (χ1n) is 5.11. The quantitative estimate of drug-likeness (QED) is 0.391. The molecule has 1 aromatic heterocycles. The second-order valence-corrected chi connectivity index (χ2v) is 3.44. The third-order valence-corrected chi connectivity index (χ3v) is 1.99. The molecule has 0 aliphatic carbocycles. The van der Waals surface area contributed by atoms with Crippen molar-refractivity contribution in [3.05, 3.63) is 11.9 Å². The highest BCUT2D eigenvalue weighted by molar-refractivity contribution is 7.75. The Labute approximate surface area is 100 Å². The smallest absolute Gasteiger partial charge is 0.0844 e. The van der Waals surface area contributed by atoms with Crippen molar-refractivity contribution in [3.8, 4) is 0 Å². The molecule has 0 bridgehead atoms. The molecule has 0 saturated heterocycles. The summed E-state index contributed by atoms with van der Waals surface area (Å²) in [5.74, 6) is 0. The van der Waals surface area contributed by atoms with Crippen molar-refractivity contribution in [2.45, 2.75) is 13.5 Å². The number of hydrogen-bond donors (Lipinski definition) is 1. The molecule has 0 spiro atoms. The van der Waals surface area contributed by atoms with E-state index in [9.17, 15) is 0 Å². The summed E-state index contributed by atoms with van der Waals surface area (Å²) in [5, 5.41) is 7.78. The Morgan fingerprint density at radius 2 is 1.88 bits per heavy atom. The molecule has 0 aliphatic heterocycles. The van der Waals surface area contributed by atoms with E-state index in [1.165, 1.54) is 0 Å². The van der Waals surface area contributed by atoms with Gasteiger partial charge < -0.3 is 13.7 Å². The number of aryl methyl sites for hydroxylation is 1. The summed E-state index contributed by atoms with van der Waals surface area (Å²) in [5.41, 5.74) is 0.912. The summed E-state index contributed by atoms with van der Waals surface area (Å²) in [6.45, 7) is 5.38. The molecule has 1 aromatic rings. The highest BCUT2D eigenvalue weighted by atomic mass is 32.1. The SMILES string of the molecule is Cc1cn(CCOCCOCCOS)nn1. The first-order valence-corrected chi connectivity index (χ1v) is 5.48. The number of thiol groups is 1. The lowest BCUT2D eigenvalue weighted by Gasteiger charge is -2.04. The van der Waals surface area contributed by atoms with Crippen molar-refractivity contribution in [2.75, 3.05) is 33.0 Å². The van der Waals surface area contributed by atoms with Crippen molar-refractivity contribution < 1.29 is 13.7 Å². The predicted molar refractivity (Wildman–Crippen MR) is 61.3 cm³/mol. The molecule has 7 heteroatoms. The molecule has 0 N–H and O–H groups in total. The molecule has 0 saturated carbocycles. The summed E-state index contributed by atoms with van der Waals surface area (Å²) >= 11 is 3.59. The summed E-state index contributed by atoms with van der Waals surface area (Å²) in [6.07, 6.45) is 1.88. The molecule has 92 valence electrons. The fourth-order valence-corrected chi connectivity index (χ4v) is 1.16. The summed E-state index contributed by atoms with van der Waals surface area (Å²) in [4.78, 5) is 0. The molecule has 6 nitrogen and oxygen atoms in total. The highest BCUT2D eigenvalue weighted by Crippen LogP contribution is 1.89. The fraction of sp³-hybridized carbons (Fsp3) is 0.778. The molecular weight excluding hydrogens is 230 g/mol. The van der Waals surface area contributed by atoms with E-state index in [0.29, 0.717) is 39.6 Å². The van der Waals surface area contributed by atoms with Gasteiger partial charge in [-0.3, -0.25) is 0 Å². The fourth-order valence-electron chi connectivity index (χ4n) is 1.08. The van der Waals surface area contributed by atoms with Crippen molar-refractivity contribution in [2.24, 2.45) is 0 Å². The third-order valence-electron chi connectivity index (χ3n) is 1.81. The molecule has 0 unspecified atom stereocenters. The lowest BCUT2D eigenvalue weighted by atomic mass is 10.5. The van der Waals surface area contributed by atoms with Crippen molar-refractivity contribution >= 4 is 12.9 Å². The van der Waals surface area contributed by atoms with Crippen LogP contribution in [0.15, 0.2) is 6.20 Å². The predicted octanol–water partition coefficient (Wildman–Crippen LogP) is 0.481. The Morgan fingerprint density at radius 3 is 2.50 bits per heavy atom. The normalized spacial score (nSPS) is 10.9. The van der Waals surface area contributed by atoms with Crippen LogP contribution in [-0.2, 0) is 20.2 Å². The number of rotatable bonds is 9. The van der Waals surface area contributed by atoms with E-state index in [1.54, 1.807) is 4.68 Å². The van der Waals surface area contributed by atoms with Crippen LogP contribution >= 0.6 is 12.9 Å². The maximum absolute atomic E-state index is 5.35. The van der Waals surface area contributed by atoms with E-state index in [2.05, 4.69) is 27.4 Å². The van der Waals surface area contributed by atoms with Crippen LogP contribution in [0.3, 0.4) is 0 Å². The maximum Gasteiger partial charge on any atom is 0.0844 e. The van der Waals surface area contributed by atoms with Crippen LogP contribution < -0.4 is 0 Å². The van der Waals surface area contributed by atoms with Gasteiger partial charge in [0.15, 0.2) is 0 Å². The summed E-state index contributed by atoms with van der Waals surface area (Å²) in [7, 11) is 0. The van der Waals surface area contributed by atoms with Crippen molar-refractivity contribution in [3.63, 3.8) is 0 Å². The van der Waals surface area contributed by atoms with Crippen LogP contribution in [0.2, 0.25) is 0 Å². The van der Waals surface area contributed by atoms with Gasteiger partial charge in [0.1, 0.15) is 0 Å². The first kappa shape index (κ1) is 13.4. The van der Waals surface area contributed by atoms with Crippen LogP contribution in [0.4, 0.5) is 0 Å². The lowest BCUT2D eigenvalue weighted by Crippen LogP contribution is -2.11. The lowest BCUT2D eigenvalue weighted by molar-refractivity contribution is 0.0356. The Morgan fingerprint density at radius 1 is 1.19 bits per heavy atom. The number of aromatic nitrogens is 3. The Bertz CT molecular complexity index is 283. The second kappa shape index (κ2) is 8.51. The molecule has 0 atom stereocenters. The van der Waals surface area contributed by atoms with E-state index < -0.39 is 0 Å². The van der Waals surface area contributed by atoms with E-state index in [-0.39, 0.29) is 0 Å². The van der Waals surface area contributed by atoms with Crippen LogP contribution in [0.1, 0.15) is 5.69 Å². The Kier molecular flexibility index (Phi) is 7.15. The van der Waals surface area contributed by atoms with Gasteiger partial charge in [0.05, 0.1) is 45.3 Å². The van der Waals surface area contributed by atoms with Gasteiger partial charge in [0.2, 0.25) is 0 Å². The van der Waals surface area contributed by atoms with Gasteiger partial charge in [-0.25, -0.2) is 4.68 Å². The summed E-state index contributed by atoms with van der Waals surface area (Å²) < 4.78 is 16.8. The minimum absolute atomic E-state index is 0.487. The van der Waals surface area contributed by atoms with Gasteiger partial charge in [-0.1, -0.05) is 5.21 Å². The van der Waals surface area contributed by atoms with Crippen LogP contribution in [0.5, 0.6) is 0 Å². The maximum atomic E-state index is 5.35. The molecule has 0 fully saturated rings. The van der Waals surface area contributed by atoms with E-state index in [4.69, 9.17) is 9.47 Å². The minimum Gasteiger partial charge on any atom is -0.377 e. The van der Waals surface area contributed by atoms with Gasteiger partial charge in [0, 0.05) is 6.20 Å². The first-order chi connectivity index (χ1) is 7.83. The van der Waals surface area contributed by atoms with Gasteiger partial charge >= 0.3 is 0 Å². The highest BCUT2D eigenvalue weighted by Gasteiger charge is 1.95. The van der Waals surface area contributed by atoms with Gasteiger partial charge in [0.25, 0.3) is 0 Å². The van der Waals surface area contributed by atoms with Crippen LogP contribution in [0, 0.1) is 6.92 Å². The molecule has 16 heavy (non-hydrogen) atoms. The van der Waals surface area contributed by atoms with E-state index in [1.807, 2.05) is 13.1 Å². The monoisotopic (exact) mass is 247 g/mol. The van der Waals surface area contributed by atoms with E-state index >= 15 is 0 Å². The molecular formula is C9H17N3O3S. The zero-order valence-corrected chi connectivity index (χ0v) is 10.2. The number of nitrogens with zero attached hydrogens (tertiary/aromatic N) is 3. The van der Waals surface area contributed by atoms with Gasteiger partial charge in [-0.15, -0.1) is 5.10 Å². The Balaban J connectivity index is 1.88. The van der Waals surface area contributed by atoms with Crippen molar-refractivity contribution in [1.29, 1.82) is 0 Å². The van der Waals surface area contributed by atoms with Gasteiger partial charge in [-0.05, 0) is 19.8 Å². The van der Waals surface area contributed by atoms with Gasteiger partial charge in [-0.2, -0.15) is 0 Å². The van der Waals surface area contributed by atoms with Crippen LogP contribution in [-0.4, -0.2) is 48.0 Å². The minimum atomic E-state index is 0.487. The standard InChI is InChI=1S/C9H17N3O3S/c1-9-8-12(11-10-9)2-3-13-4-5-14-6-7-15-16/h8,16H,2-7H2,1H3. The van der Waals surface area contributed by atoms with E-state index in [0.717, 1.165) is 5.69 Å². The largest absolute Gasteiger partial charge is 0.377 e. The average molecular weight is 247 g/mol. The Hall–Kier alpha value is -0.630. The second-order valence-electron chi connectivity index (χ2n) is 3.18. The molecule has 1 rings (SSSR count). The zero-order chi connectivity index (χ0) is 11.6. The molecule has 0 aromatic carbocycles. The molecule has 1 heterocycles. The zero-order valence-electron chi connectivity index (χ0n) is 9.33. The number of hydrogen-bond acceptors (Lipinski definition) is 6. The average Bonchev–Trinajstić information content (AvgIpc) is 2.68. The topological polar surface area (TPSA) is 58.4 Å².